The Morgan fingerprint density at radius 3 is 2.21 bits per heavy atom. The summed E-state index contributed by atoms with van der Waals surface area (Å²) in [6.07, 6.45) is 7.96. The number of hydrogen-bond donors (Lipinski definition) is 1. The van der Waals surface area contributed by atoms with Crippen LogP contribution in [0.3, 0.4) is 0 Å². The first-order chi connectivity index (χ1) is 11.4. The molecule has 0 atom stereocenters. The van der Waals surface area contributed by atoms with E-state index in [9.17, 15) is 4.79 Å². The van der Waals surface area contributed by atoms with Crippen molar-refractivity contribution in [3.63, 3.8) is 0 Å². The van der Waals surface area contributed by atoms with Crippen molar-refractivity contribution in [3.8, 4) is 0 Å². The molecule has 1 amide bonds. The molecule has 4 bridgehead atoms. The molecular formula is C19H22Cl2N2O. The van der Waals surface area contributed by atoms with Gasteiger partial charge < -0.3 is 0 Å². The molecule has 0 heterocycles. The molecule has 4 fully saturated rings. The lowest BCUT2D eigenvalue weighted by Crippen LogP contribution is -2.49. The molecule has 0 saturated heterocycles. The van der Waals surface area contributed by atoms with E-state index in [0.717, 1.165) is 23.5 Å². The van der Waals surface area contributed by atoms with Gasteiger partial charge in [0.2, 0.25) is 0 Å². The lowest BCUT2D eigenvalue weighted by Gasteiger charge is -2.56. The van der Waals surface area contributed by atoms with E-state index in [-0.39, 0.29) is 11.3 Å². The Morgan fingerprint density at radius 2 is 1.67 bits per heavy atom. The molecule has 0 unspecified atom stereocenters. The Balaban J connectivity index is 1.49. The molecule has 1 aromatic rings. The highest BCUT2D eigenvalue weighted by Gasteiger charge is 2.52. The summed E-state index contributed by atoms with van der Waals surface area (Å²) in [5.41, 5.74) is 4.51. The molecule has 0 aliphatic heterocycles. The Labute approximate surface area is 152 Å². The first-order valence-corrected chi connectivity index (χ1v) is 9.51. The largest absolute Gasteiger partial charge is 0.271 e. The van der Waals surface area contributed by atoms with Gasteiger partial charge in [-0.2, -0.15) is 5.10 Å². The van der Waals surface area contributed by atoms with E-state index in [2.05, 4.69) is 17.5 Å². The number of hydrazone groups is 1. The van der Waals surface area contributed by atoms with Crippen LogP contribution in [0.5, 0.6) is 0 Å². The summed E-state index contributed by atoms with van der Waals surface area (Å²) < 4.78 is 0. The summed E-state index contributed by atoms with van der Waals surface area (Å²) >= 11 is 11.9. The van der Waals surface area contributed by atoms with Crippen LogP contribution in [0.1, 0.15) is 55.8 Å². The molecule has 4 saturated carbocycles. The van der Waals surface area contributed by atoms with Gasteiger partial charge in [-0.3, -0.25) is 4.79 Å². The second-order valence-corrected chi connectivity index (χ2v) is 8.78. The first kappa shape index (κ1) is 16.4. The second-order valence-electron chi connectivity index (χ2n) is 7.96. The van der Waals surface area contributed by atoms with Gasteiger partial charge in [0.25, 0.3) is 5.91 Å². The van der Waals surface area contributed by atoms with Gasteiger partial charge in [0, 0.05) is 16.7 Å². The maximum absolute atomic E-state index is 12.3. The van der Waals surface area contributed by atoms with Crippen LogP contribution in [0.15, 0.2) is 23.3 Å². The minimum atomic E-state index is -0.238. The Bertz CT molecular complexity index is 678. The fourth-order valence-electron chi connectivity index (χ4n) is 5.51. The number of nitrogens with one attached hydrogen (secondary N) is 1. The molecule has 0 radical (unpaired) electrons. The van der Waals surface area contributed by atoms with Gasteiger partial charge >= 0.3 is 0 Å². The number of halogens is 2. The van der Waals surface area contributed by atoms with E-state index < -0.39 is 0 Å². The fourth-order valence-corrected chi connectivity index (χ4v) is 5.81. The summed E-state index contributed by atoms with van der Waals surface area (Å²) in [5, 5.41) is 5.31. The summed E-state index contributed by atoms with van der Waals surface area (Å²) in [6.45, 7) is 2.09. The van der Waals surface area contributed by atoms with E-state index in [0.29, 0.717) is 15.6 Å². The molecule has 5 heteroatoms. The van der Waals surface area contributed by atoms with Crippen LogP contribution in [0, 0.1) is 23.2 Å². The summed E-state index contributed by atoms with van der Waals surface area (Å²) in [5.74, 6) is 2.36. The van der Waals surface area contributed by atoms with Crippen molar-refractivity contribution >= 4 is 34.8 Å². The van der Waals surface area contributed by atoms with Crippen LogP contribution in [0.4, 0.5) is 0 Å². The molecule has 0 aromatic heterocycles. The number of hydrogen-bond acceptors (Lipinski definition) is 2. The molecule has 4 aliphatic carbocycles. The zero-order valence-corrected chi connectivity index (χ0v) is 15.3. The maximum Gasteiger partial charge on any atom is 0.271 e. The predicted octanol–water partition coefficient (Wildman–Crippen LogP) is 5.32. The van der Waals surface area contributed by atoms with Crippen LogP contribution in [-0.4, -0.2) is 11.6 Å². The van der Waals surface area contributed by atoms with Gasteiger partial charge in [-0.25, -0.2) is 5.43 Å². The Morgan fingerprint density at radius 1 is 1.08 bits per heavy atom. The van der Waals surface area contributed by atoms with Crippen molar-refractivity contribution in [2.45, 2.75) is 45.4 Å². The van der Waals surface area contributed by atoms with Crippen LogP contribution in [0.2, 0.25) is 10.0 Å². The van der Waals surface area contributed by atoms with Gasteiger partial charge in [-0.05, 0) is 81.4 Å². The first-order valence-electron chi connectivity index (χ1n) is 8.75. The minimum Gasteiger partial charge on any atom is -0.267 e. The molecule has 5 rings (SSSR count). The monoisotopic (exact) mass is 364 g/mol. The molecule has 128 valence electrons. The highest BCUT2D eigenvalue weighted by Crippen LogP contribution is 2.60. The molecule has 0 spiro atoms. The maximum atomic E-state index is 12.3. The zero-order valence-electron chi connectivity index (χ0n) is 13.8. The summed E-state index contributed by atoms with van der Waals surface area (Å²) in [6, 6.07) is 4.88. The van der Waals surface area contributed by atoms with Crippen LogP contribution < -0.4 is 5.43 Å². The number of amides is 1. The van der Waals surface area contributed by atoms with Gasteiger partial charge in [-0.1, -0.05) is 23.2 Å². The quantitative estimate of drug-likeness (QED) is 0.572. The van der Waals surface area contributed by atoms with E-state index >= 15 is 0 Å². The average Bonchev–Trinajstić information content (AvgIpc) is 2.53. The van der Waals surface area contributed by atoms with Crippen LogP contribution in [0.25, 0.3) is 0 Å². The molecule has 3 nitrogen and oxygen atoms in total. The normalized spacial score (nSPS) is 34.5. The molecule has 24 heavy (non-hydrogen) atoms. The lowest BCUT2D eigenvalue weighted by atomic mass is 9.48. The van der Waals surface area contributed by atoms with Gasteiger partial charge in [0.15, 0.2) is 0 Å². The topological polar surface area (TPSA) is 41.5 Å². The van der Waals surface area contributed by atoms with Crippen molar-refractivity contribution in [2.75, 3.05) is 0 Å². The van der Waals surface area contributed by atoms with Gasteiger partial charge in [0.05, 0.1) is 10.0 Å². The third-order valence-electron chi connectivity index (χ3n) is 6.31. The predicted molar refractivity (Wildman–Crippen MR) is 97.6 cm³/mol. The SMILES string of the molecule is CC(=NNC(=O)c1ccc(Cl)c(Cl)c1)C12CC3CC(CC(C3)C1)C2. The molecule has 4 aliphatic rings. The van der Waals surface area contributed by atoms with Crippen molar-refractivity contribution in [1.82, 2.24) is 5.43 Å². The lowest BCUT2D eigenvalue weighted by molar-refractivity contribution is -0.0128. The standard InChI is InChI=1S/C19H22Cl2N2O/c1-11(19-8-12-4-13(9-19)6-14(5-12)10-19)22-23-18(24)15-2-3-16(20)17(21)7-15/h2-3,7,12-14H,4-6,8-10H2,1H3,(H,23,24). The average molecular weight is 365 g/mol. The van der Waals surface area contributed by atoms with Crippen LogP contribution in [-0.2, 0) is 0 Å². The number of carbonyl (C=O) groups is 1. The number of rotatable bonds is 3. The molecule has 1 aromatic carbocycles. The van der Waals surface area contributed by atoms with Crippen molar-refractivity contribution in [3.05, 3.63) is 33.8 Å². The Hall–Kier alpha value is -1.06. The van der Waals surface area contributed by atoms with Crippen LogP contribution >= 0.6 is 23.2 Å². The van der Waals surface area contributed by atoms with Gasteiger partial charge in [0.1, 0.15) is 0 Å². The Kier molecular flexibility index (Phi) is 4.12. The van der Waals surface area contributed by atoms with E-state index in [4.69, 9.17) is 23.2 Å². The minimum absolute atomic E-state index is 0.222. The van der Waals surface area contributed by atoms with Crippen molar-refractivity contribution in [2.24, 2.45) is 28.3 Å². The van der Waals surface area contributed by atoms with E-state index in [1.165, 1.54) is 38.5 Å². The number of nitrogens with zero attached hydrogens (tertiary/aromatic N) is 1. The number of carbonyl (C=O) groups excluding carboxylic acids is 1. The van der Waals surface area contributed by atoms with Gasteiger partial charge in [-0.15, -0.1) is 0 Å². The number of benzene rings is 1. The van der Waals surface area contributed by atoms with Crippen molar-refractivity contribution in [1.29, 1.82) is 0 Å². The zero-order chi connectivity index (χ0) is 16.9. The third kappa shape index (κ3) is 2.86. The molecule has 1 N–H and O–H groups in total. The smallest absolute Gasteiger partial charge is 0.267 e. The second kappa shape index (κ2) is 6.03. The van der Waals surface area contributed by atoms with E-state index in [1.54, 1.807) is 18.2 Å². The highest BCUT2D eigenvalue weighted by atomic mass is 35.5. The third-order valence-corrected chi connectivity index (χ3v) is 7.05. The van der Waals surface area contributed by atoms with E-state index in [1.807, 2.05) is 0 Å². The van der Waals surface area contributed by atoms with Crippen molar-refractivity contribution < 1.29 is 4.79 Å². The molecular weight excluding hydrogens is 343 g/mol. The highest BCUT2D eigenvalue weighted by molar-refractivity contribution is 6.42. The summed E-state index contributed by atoms with van der Waals surface area (Å²) in [4.78, 5) is 12.3. The fraction of sp³-hybridized carbons (Fsp3) is 0.579. The summed E-state index contributed by atoms with van der Waals surface area (Å²) in [7, 11) is 0.